The molecule has 3 aromatic carbocycles. The molecular formula is C34H37ClN4O3S. The number of fused-ring (bicyclic) bond motifs is 2. The lowest BCUT2D eigenvalue weighted by molar-refractivity contribution is -0.166. The summed E-state index contributed by atoms with van der Waals surface area (Å²) in [4.78, 5) is 18.6. The van der Waals surface area contributed by atoms with E-state index in [4.69, 9.17) is 31.2 Å². The summed E-state index contributed by atoms with van der Waals surface area (Å²) in [5, 5.41) is 11.1. The number of rotatable bonds is 7. The van der Waals surface area contributed by atoms with Crippen molar-refractivity contribution in [1.29, 1.82) is 0 Å². The van der Waals surface area contributed by atoms with Crippen LogP contribution in [0.1, 0.15) is 63.0 Å². The van der Waals surface area contributed by atoms with Crippen molar-refractivity contribution in [1.82, 2.24) is 20.1 Å². The van der Waals surface area contributed by atoms with Gasteiger partial charge in [-0.25, -0.2) is 9.78 Å². The van der Waals surface area contributed by atoms with E-state index in [9.17, 15) is 4.79 Å². The summed E-state index contributed by atoms with van der Waals surface area (Å²) < 4.78 is 14.9. The lowest BCUT2D eigenvalue weighted by atomic mass is 9.91. The fourth-order valence-corrected chi connectivity index (χ4v) is 7.23. The summed E-state index contributed by atoms with van der Waals surface area (Å²) >= 11 is 7.93. The molecule has 5 aromatic rings. The van der Waals surface area contributed by atoms with Crippen LogP contribution in [0.3, 0.4) is 0 Å². The molecule has 7 nitrogen and oxygen atoms in total. The molecule has 224 valence electrons. The zero-order valence-electron chi connectivity index (χ0n) is 25.5. The normalized spacial score (nSPS) is 16.3. The van der Waals surface area contributed by atoms with Crippen LogP contribution in [0.2, 0.25) is 5.02 Å². The first kappa shape index (κ1) is 29.8. The number of hydrogen-bond acceptors (Lipinski definition) is 7. The minimum atomic E-state index is -0.907. The second-order valence-corrected chi connectivity index (χ2v) is 13.6. The Hall–Kier alpha value is -3.30. The summed E-state index contributed by atoms with van der Waals surface area (Å²) in [5.74, 6) is -0.00514. The molecule has 2 atom stereocenters. The number of benzene rings is 3. The standard InChI is InChI=1S/C34H37ClN4O3S/c1-7-41-33(40)30(42-34(3,4)5)27-19(2)16-25-31(28(27)20-8-11-23(35)12-9-20)43-32(37-25)21-10-13-26-24(17-21)29(38-39(26)6)22-14-15-36-18-22/h8-13,16-17,22,30,36H,7,14-15,18H2,1-6H3/t22-,30-/m0/s1. The van der Waals surface area contributed by atoms with Gasteiger partial charge in [-0.15, -0.1) is 11.3 Å². The molecule has 43 heavy (non-hydrogen) atoms. The Morgan fingerprint density at radius 2 is 1.91 bits per heavy atom. The Morgan fingerprint density at radius 3 is 2.58 bits per heavy atom. The van der Waals surface area contributed by atoms with E-state index in [1.165, 1.54) is 5.39 Å². The van der Waals surface area contributed by atoms with Gasteiger partial charge in [0.05, 0.1) is 33.6 Å². The number of thiazole rings is 1. The van der Waals surface area contributed by atoms with Gasteiger partial charge < -0.3 is 14.8 Å². The highest BCUT2D eigenvalue weighted by Gasteiger charge is 2.33. The molecule has 1 fully saturated rings. The van der Waals surface area contributed by atoms with Crippen molar-refractivity contribution in [3.8, 4) is 21.7 Å². The molecule has 0 saturated carbocycles. The minimum absolute atomic E-state index is 0.265. The molecule has 1 aliphatic rings. The Kier molecular flexibility index (Phi) is 8.07. The molecular weight excluding hydrogens is 580 g/mol. The zero-order valence-corrected chi connectivity index (χ0v) is 27.0. The van der Waals surface area contributed by atoms with Crippen LogP contribution in [0, 0.1) is 6.92 Å². The number of halogens is 1. The van der Waals surface area contributed by atoms with Crippen molar-refractivity contribution in [3.63, 3.8) is 0 Å². The number of hydrogen-bond donors (Lipinski definition) is 1. The number of esters is 1. The quantitative estimate of drug-likeness (QED) is 0.187. The Labute approximate surface area is 261 Å². The fourth-order valence-electron chi connectivity index (χ4n) is 5.99. The van der Waals surface area contributed by atoms with Crippen molar-refractivity contribution in [2.24, 2.45) is 7.05 Å². The third-order valence-corrected chi connectivity index (χ3v) is 9.26. The Bertz CT molecular complexity index is 1810. The van der Waals surface area contributed by atoms with Crippen molar-refractivity contribution >= 4 is 50.0 Å². The molecule has 6 rings (SSSR count). The van der Waals surface area contributed by atoms with Gasteiger partial charge in [0.2, 0.25) is 0 Å². The lowest BCUT2D eigenvalue weighted by Crippen LogP contribution is -2.29. The second-order valence-electron chi connectivity index (χ2n) is 12.1. The molecule has 2 aromatic heterocycles. The molecule has 0 radical (unpaired) electrons. The summed E-state index contributed by atoms with van der Waals surface area (Å²) in [6.07, 6.45) is 0.178. The van der Waals surface area contributed by atoms with Gasteiger partial charge in [-0.2, -0.15) is 5.10 Å². The Balaban J connectivity index is 1.57. The SMILES string of the molecule is CCOC(=O)[C@@H](OC(C)(C)C)c1c(C)cc2nc(-c3ccc4c(c3)c([C@H]3CCNC3)nn4C)sc2c1-c1ccc(Cl)cc1. The molecule has 0 bridgehead atoms. The third kappa shape index (κ3) is 5.81. The molecule has 1 aliphatic heterocycles. The van der Waals surface area contributed by atoms with Crippen LogP contribution in [0.5, 0.6) is 0 Å². The van der Waals surface area contributed by atoms with E-state index >= 15 is 0 Å². The van der Waals surface area contributed by atoms with E-state index in [1.54, 1.807) is 11.3 Å². The number of nitrogens with one attached hydrogen (secondary N) is 1. The van der Waals surface area contributed by atoms with Crippen LogP contribution in [0.15, 0.2) is 48.5 Å². The van der Waals surface area contributed by atoms with Crippen LogP contribution in [-0.2, 0) is 21.3 Å². The predicted molar refractivity (Wildman–Crippen MR) is 175 cm³/mol. The number of carbonyl (C=O) groups excluding carboxylic acids is 1. The first-order chi connectivity index (χ1) is 20.5. The maximum atomic E-state index is 13.4. The van der Waals surface area contributed by atoms with Crippen LogP contribution in [0.4, 0.5) is 0 Å². The van der Waals surface area contributed by atoms with Crippen LogP contribution >= 0.6 is 22.9 Å². The molecule has 0 spiro atoms. The smallest absolute Gasteiger partial charge is 0.339 e. The number of ether oxygens (including phenoxy) is 2. The summed E-state index contributed by atoms with van der Waals surface area (Å²) in [6.45, 7) is 11.9. The van der Waals surface area contributed by atoms with Crippen molar-refractivity contribution in [2.45, 2.75) is 58.7 Å². The van der Waals surface area contributed by atoms with Crippen molar-refractivity contribution < 1.29 is 14.3 Å². The summed E-state index contributed by atoms with van der Waals surface area (Å²) in [7, 11) is 2.01. The van der Waals surface area contributed by atoms with Crippen LogP contribution in [0.25, 0.3) is 42.8 Å². The fraction of sp³-hybridized carbons (Fsp3) is 0.382. The molecule has 0 unspecified atom stereocenters. The van der Waals surface area contributed by atoms with Gasteiger partial charge >= 0.3 is 5.97 Å². The molecule has 3 heterocycles. The molecule has 0 amide bonds. The summed E-state index contributed by atoms with van der Waals surface area (Å²) in [5.41, 5.74) is 7.14. The van der Waals surface area contributed by atoms with Gasteiger partial charge in [0, 0.05) is 46.6 Å². The lowest BCUT2D eigenvalue weighted by Gasteiger charge is -2.29. The van der Waals surface area contributed by atoms with Gasteiger partial charge in [0.1, 0.15) is 5.01 Å². The predicted octanol–water partition coefficient (Wildman–Crippen LogP) is 7.98. The zero-order chi connectivity index (χ0) is 30.5. The Morgan fingerprint density at radius 1 is 1.16 bits per heavy atom. The van der Waals surface area contributed by atoms with E-state index < -0.39 is 17.7 Å². The first-order valence-corrected chi connectivity index (χ1v) is 16.0. The number of aryl methyl sites for hydroxylation is 2. The number of aromatic nitrogens is 3. The third-order valence-electron chi connectivity index (χ3n) is 7.87. The average Bonchev–Trinajstić information content (AvgIpc) is 3.70. The highest BCUT2D eigenvalue weighted by Crippen LogP contribution is 2.45. The van der Waals surface area contributed by atoms with Gasteiger partial charge in [-0.05, 0) is 95.1 Å². The first-order valence-electron chi connectivity index (χ1n) is 14.8. The monoisotopic (exact) mass is 616 g/mol. The number of nitrogens with zero attached hydrogens (tertiary/aromatic N) is 3. The van der Waals surface area contributed by atoms with Crippen molar-refractivity contribution in [2.75, 3.05) is 19.7 Å². The topological polar surface area (TPSA) is 78.3 Å². The average molecular weight is 617 g/mol. The maximum Gasteiger partial charge on any atom is 0.339 e. The molecule has 9 heteroatoms. The van der Waals surface area contributed by atoms with E-state index in [0.717, 1.165) is 73.8 Å². The maximum absolute atomic E-state index is 13.4. The van der Waals surface area contributed by atoms with E-state index in [2.05, 4.69) is 29.6 Å². The van der Waals surface area contributed by atoms with Crippen LogP contribution in [-0.4, -0.2) is 46.0 Å². The van der Waals surface area contributed by atoms with Crippen molar-refractivity contribution in [3.05, 3.63) is 70.4 Å². The highest BCUT2D eigenvalue weighted by atomic mass is 35.5. The molecule has 1 N–H and O–H groups in total. The van der Waals surface area contributed by atoms with E-state index in [0.29, 0.717) is 10.9 Å². The largest absolute Gasteiger partial charge is 0.464 e. The van der Waals surface area contributed by atoms with Gasteiger partial charge in [0.15, 0.2) is 6.10 Å². The van der Waals surface area contributed by atoms with E-state index in [1.807, 2.05) is 70.6 Å². The minimum Gasteiger partial charge on any atom is -0.464 e. The van der Waals surface area contributed by atoms with E-state index in [-0.39, 0.29) is 6.61 Å². The number of carbonyl (C=O) groups is 1. The highest BCUT2D eigenvalue weighted by molar-refractivity contribution is 7.22. The van der Waals surface area contributed by atoms with Crippen LogP contribution < -0.4 is 5.32 Å². The van der Waals surface area contributed by atoms with Gasteiger partial charge in [-0.1, -0.05) is 23.7 Å². The molecule has 1 saturated heterocycles. The second kappa shape index (κ2) is 11.7. The van der Waals surface area contributed by atoms with Gasteiger partial charge in [-0.3, -0.25) is 4.68 Å². The van der Waals surface area contributed by atoms with Gasteiger partial charge in [0.25, 0.3) is 0 Å². The molecule has 0 aliphatic carbocycles. The summed E-state index contributed by atoms with van der Waals surface area (Å²) in [6, 6.07) is 16.3.